The molecule has 0 atom stereocenters. The van der Waals surface area contributed by atoms with Crippen LogP contribution in [0.25, 0.3) is 11.0 Å². The molecule has 0 aliphatic carbocycles. The van der Waals surface area contributed by atoms with Crippen LogP contribution in [0.2, 0.25) is 0 Å². The maximum Gasteiger partial charge on any atom is 0.346 e. The van der Waals surface area contributed by atoms with Crippen molar-refractivity contribution in [3.8, 4) is 0 Å². The quantitative estimate of drug-likeness (QED) is 0.655. The zero-order chi connectivity index (χ0) is 19.7. The zero-order valence-corrected chi connectivity index (χ0v) is 15.7. The number of aromatic nitrogens is 2. The van der Waals surface area contributed by atoms with Crippen LogP contribution in [0.4, 0.5) is 0 Å². The van der Waals surface area contributed by atoms with Crippen molar-refractivity contribution in [3.63, 3.8) is 0 Å². The van der Waals surface area contributed by atoms with Crippen LogP contribution >= 0.6 is 0 Å². The van der Waals surface area contributed by atoms with Crippen molar-refractivity contribution in [1.82, 2.24) is 14.5 Å². The van der Waals surface area contributed by atoms with Crippen LogP contribution in [0, 0.1) is 17.0 Å². The van der Waals surface area contributed by atoms with Crippen molar-refractivity contribution in [1.29, 1.82) is 0 Å². The SMILES string of the molecule is Cc1c(C(=O)N2CCN(Cc3ccccc3)CC2)[n+](=O)c2ccccc2n1[O-]. The third kappa shape index (κ3) is 3.25. The molecule has 7 nitrogen and oxygen atoms in total. The van der Waals surface area contributed by atoms with Crippen molar-refractivity contribution >= 4 is 16.9 Å². The van der Waals surface area contributed by atoms with Gasteiger partial charge in [-0.15, -0.1) is 0 Å². The van der Waals surface area contributed by atoms with Gasteiger partial charge in [0.05, 0.1) is 10.1 Å². The minimum absolute atomic E-state index is 0.0924. The third-order valence-corrected chi connectivity index (χ3v) is 5.28. The number of fused-ring (bicyclic) bond motifs is 1. The molecular weight excluding hydrogens is 356 g/mol. The summed E-state index contributed by atoms with van der Waals surface area (Å²) in [4.78, 5) is 29.8. The number of carbonyl (C=O) groups excluding carboxylic acids is 1. The largest absolute Gasteiger partial charge is 0.805 e. The van der Waals surface area contributed by atoms with Gasteiger partial charge in [0.1, 0.15) is 5.52 Å². The maximum absolute atomic E-state index is 13.0. The molecule has 28 heavy (non-hydrogen) atoms. The van der Waals surface area contributed by atoms with Gasteiger partial charge >= 0.3 is 11.6 Å². The van der Waals surface area contributed by atoms with Crippen molar-refractivity contribution in [2.75, 3.05) is 26.2 Å². The molecule has 2 aromatic carbocycles. The van der Waals surface area contributed by atoms with E-state index in [1.807, 2.05) is 18.2 Å². The number of rotatable bonds is 3. The third-order valence-electron chi connectivity index (χ3n) is 5.28. The van der Waals surface area contributed by atoms with E-state index in [-0.39, 0.29) is 28.3 Å². The molecule has 0 spiro atoms. The normalized spacial score (nSPS) is 15.1. The van der Waals surface area contributed by atoms with Crippen molar-refractivity contribution in [2.45, 2.75) is 13.5 Å². The predicted octanol–water partition coefficient (Wildman–Crippen LogP) is 2.17. The van der Waals surface area contributed by atoms with Gasteiger partial charge in [-0.3, -0.25) is 9.69 Å². The Kier molecular flexibility index (Phi) is 4.83. The van der Waals surface area contributed by atoms with Crippen molar-refractivity contribution in [3.05, 3.63) is 81.7 Å². The van der Waals surface area contributed by atoms with E-state index in [1.54, 1.807) is 29.2 Å². The van der Waals surface area contributed by atoms with E-state index in [0.29, 0.717) is 22.2 Å². The van der Waals surface area contributed by atoms with Crippen LogP contribution < -0.4 is 4.43 Å². The first-order chi connectivity index (χ1) is 13.6. The Bertz CT molecular complexity index is 1070. The fourth-order valence-corrected chi connectivity index (χ4v) is 3.69. The summed E-state index contributed by atoms with van der Waals surface area (Å²) in [5, 5.41) is 12.5. The highest BCUT2D eigenvalue weighted by atomic mass is 16.5. The highest BCUT2D eigenvalue weighted by Crippen LogP contribution is 2.16. The zero-order valence-electron chi connectivity index (χ0n) is 15.7. The highest BCUT2D eigenvalue weighted by molar-refractivity contribution is 5.93. The lowest BCUT2D eigenvalue weighted by atomic mass is 10.2. The maximum atomic E-state index is 13.0. The van der Waals surface area contributed by atoms with Crippen LogP contribution in [-0.2, 0) is 6.54 Å². The lowest BCUT2D eigenvalue weighted by Crippen LogP contribution is -2.50. The molecular formula is C21H22N4O3. The second-order valence-electron chi connectivity index (χ2n) is 7.07. The number of carbonyl (C=O) groups is 1. The monoisotopic (exact) mass is 378 g/mol. The summed E-state index contributed by atoms with van der Waals surface area (Å²) in [6, 6.07) is 16.7. The van der Waals surface area contributed by atoms with Gasteiger partial charge in [-0.1, -0.05) is 42.5 Å². The number of nitrogens with zero attached hydrogens (tertiary/aromatic N) is 4. The number of amides is 1. The molecule has 0 bridgehead atoms. The molecule has 0 saturated carbocycles. The Balaban J connectivity index is 1.54. The molecule has 0 N–H and O–H groups in total. The number of piperazine rings is 1. The Morgan fingerprint density at radius 2 is 1.64 bits per heavy atom. The average molecular weight is 378 g/mol. The van der Waals surface area contributed by atoms with E-state index in [2.05, 4.69) is 17.0 Å². The molecule has 0 radical (unpaired) electrons. The van der Waals surface area contributed by atoms with Crippen molar-refractivity contribution < 1.29 is 9.22 Å². The molecule has 3 aromatic rings. The molecule has 1 aliphatic heterocycles. The predicted molar refractivity (Wildman–Crippen MR) is 106 cm³/mol. The molecule has 0 unspecified atom stereocenters. The van der Waals surface area contributed by atoms with Crippen molar-refractivity contribution in [2.24, 2.45) is 0 Å². The number of hydrogen-bond donors (Lipinski definition) is 0. The van der Waals surface area contributed by atoms with Gasteiger partial charge in [0.2, 0.25) is 0 Å². The molecule has 1 fully saturated rings. The second kappa shape index (κ2) is 7.44. The van der Waals surface area contributed by atoms with Crippen LogP contribution in [0.5, 0.6) is 0 Å². The summed E-state index contributed by atoms with van der Waals surface area (Å²) < 4.78 is 1.26. The molecule has 1 amide bonds. The van der Waals surface area contributed by atoms with Gasteiger partial charge in [-0.2, -0.15) is 0 Å². The summed E-state index contributed by atoms with van der Waals surface area (Å²) >= 11 is 0. The first-order valence-corrected chi connectivity index (χ1v) is 9.36. The molecule has 144 valence electrons. The minimum Gasteiger partial charge on any atom is -0.805 e. The topological polar surface area (TPSA) is 74.5 Å². The van der Waals surface area contributed by atoms with Crippen LogP contribution in [0.15, 0.2) is 54.6 Å². The van der Waals surface area contributed by atoms with E-state index in [1.165, 1.54) is 12.5 Å². The molecule has 4 rings (SSSR count). The van der Waals surface area contributed by atoms with E-state index in [0.717, 1.165) is 19.6 Å². The van der Waals surface area contributed by atoms with Crippen LogP contribution in [-0.4, -0.2) is 46.6 Å². The fraction of sp³-hybridized carbons (Fsp3) is 0.286. The van der Waals surface area contributed by atoms with Gasteiger partial charge in [0.25, 0.3) is 5.52 Å². The van der Waals surface area contributed by atoms with Gasteiger partial charge in [-0.05, 0) is 18.6 Å². The standard InChI is InChI=1S/C21H22N4O3/c1-16-20(25(28)19-10-6-5-9-18(19)24(16)27)21(26)23-13-11-22(12-14-23)15-17-7-3-2-4-8-17/h2-10H,11-15H2,1H3. The summed E-state index contributed by atoms with van der Waals surface area (Å²) in [6.07, 6.45) is 0. The fourth-order valence-electron chi connectivity index (χ4n) is 3.69. The Hall–Kier alpha value is -3.19. The van der Waals surface area contributed by atoms with E-state index < -0.39 is 0 Å². The summed E-state index contributed by atoms with van der Waals surface area (Å²) in [7, 11) is 0. The summed E-state index contributed by atoms with van der Waals surface area (Å²) in [6.45, 7) is 4.85. The van der Waals surface area contributed by atoms with Crippen LogP contribution in [0.1, 0.15) is 21.7 Å². The van der Waals surface area contributed by atoms with E-state index in [9.17, 15) is 14.9 Å². The Labute approximate surface area is 162 Å². The van der Waals surface area contributed by atoms with Crippen LogP contribution in [0.3, 0.4) is 0 Å². The minimum atomic E-state index is -0.387. The first-order valence-electron chi connectivity index (χ1n) is 9.36. The highest BCUT2D eigenvalue weighted by Gasteiger charge is 2.32. The lowest BCUT2D eigenvalue weighted by Gasteiger charge is -2.34. The van der Waals surface area contributed by atoms with Gasteiger partial charge in [0, 0.05) is 43.7 Å². The number of para-hydroxylation sites is 2. The molecule has 1 aromatic heterocycles. The molecule has 1 aliphatic rings. The average Bonchev–Trinajstić information content (AvgIpc) is 2.73. The van der Waals surface area contributed by atoms with E-state index in [4.69, 9.17) is 0 Å². The molecule has 1 saturated heterocycles. The molecule has 2 heterocycles. The summed E-state index contributed by atoms with van der Waals surface area (Å²) in [5.74, 6) is -0.387. The Morgan fingerprint density at radius 3 is 2.36 bits per heavy atom. The number of hydrogen-bond acceptors (Lipinski definition) is 4. The summed E-state index contributed by atoms with van der Waals surface area (Å²) in [5.41, 5.74) is 1.74. The van der Waals surface area contributed by atoms with Gasteiger partial charge < -0.3 is 14.8 Å². The Morgan fingerprint density at radius 1 is 1.00 bits per heavy atom. The lowest BCUT2D eigenvalue weighted by molar-refractivity contribution is -0.469. The first kappa shape index (κ1) is 18.2. The second-order valence-corrected chi connectivity index (χ2v) is 7.07. The van der Waals surface area contributed by atoms with Gasteiger partial charge in [0.15, 0.2) is 0 Å². The smallest absolute Gasteiger partial charge is 0.346 e. The van der Waals surface area contributed by atoms with E-state index >= 15 is 0 Å². The number of benzene rings is 2. The van der Waals surface area contributed by atoms with Gasteiger partial charge in [-0.25, -0.2) is 0 Å². The molecule has 7 heteroatoms.